The van der Waals surface area contributed by atoms with E-state index >= 15 is 0 Å². The second kappa shape index (κ2) is 8.45. The average molecular weight is 486 g/mol. The molecule has 0 radical (unpaired) electrons. The summed E-state index contributed by atoms with van der Waals surface area (Å²) in [6.07, 6.45) is 4.14. The first kappa shape index (κ1) is 21.3. The molecule has 1 N–H and O–H groups in total. The largest absolute Gasteiger partial charge is 0.320 e. The van der Waals surface area contributed by atoms with Crippen molar-refractivity contribution in [2.75, 3.05) is 5.32 Å². The van der Waals surface area contributed by atoms with Gasteiger partial charge >= 0.3 is 6.55 Å². The summed E-state index contributed by atoms with van der Waals surface area (Å²) in [5.41, 5.74) is 2.20. The highest BCUT2D eigenvalue weighted by Gasteiger charge is 2.22. The van der Waals surface area contributed by atoms with Gasteiger partial charge in [-0.15, -0.1) is 11.3 Å². The SMILES string of the molecule is CCn1ncc2c(C(=O)Nc3nc(C)c(-c4nccn4C(F)F)s3)cc(-c3cccs3)nc21. The zero-order valence-corrected chi connectivity index (χ0v) is 19.1. The van der Waals surface area contributed by atoms with Crippen molar-refractivity contribution in [3.05, 3.63) is 53.4 Å². The predicted molar refractivity (Wildman–Crippen MR) is 124 cm³/mol. The second-order valence-electron chi connectivity index (χ2n) is 7.05. The quantitative estimate of drug-likeness (QED) is 0.345. The standard InChI is InChI=1S/C21H17F2N7OS2/c1-3-30-17-13(10-25-30)12(9-14(27-17)15-5-4-8-32-15)19(31)28-21-26-11(2)16(33-21)18-24-6-7-29(18)20(22)23/h4-10,20H,3H2,1-2H3,(H,26,28,31). The molecule has 5 rings (SSSR count). The van der Waals surface area contributed by atoms with E-state index in [-0.39, 0.29) is 11.7 Å². The minimum Gasteiger partial charge on any atom is -0.298 e. The third-order valence-electron chi connectivity index (χ3n) is 5.03. The van der Waals surface area contributed by atoms with Gasteiger partial charge in [0.05, 0.1) is 38.3 Å². The van der Waals surface area contributed by atoms with E-state index < -0.39 is 6.55 Å². The van der Waals surface area contributed by atoms with E-state index in [1.807, 2.05) is 24.4 Å². The maximum absolute atomic E-state index is 13.3. The van der Waals surface area contributed by atoms with Crippen LogP contribution in [0.15, 0.2) is 42.2 Å². The van der Waals surface area contributed by atoms with E-state index in [0.29, 0.717) is 44.5 Å². The number of hydrogen-bond acceptors (Lipinski definition) is 7. The van der Waals surface area contributed by atoms with E-state index in [9.17, 15) is 13.6 Å². The van der Waals surface area contributed by atoms with Crippen LogP contribution in [-0.4, -0.2) is 35.2 Å². The molecule has 8 nitrogen and oxygen atoms in total. The van der Waals surface area contributed by atoms with Crippen molar-refractivity contribution in [3.63, 3.8) is 0 Å². The number of imidazole rings is 1. The summed E-state index contributed by atoms with van der Waals surface area (Å²) in [5, 5.41) is 10.0. The number of aromatic nitrogens is 6. The molecule has 0 saturated heterocycles. The lowest BCUT2D eigenvalue weighted by atomic mass is 10.1. The number of aryl methyl sites for hydroxylation is 2. The average Bonchev–Trinajstić information content (AvgIpc) is 3.58. The van der Waals surface area contributed by atoms with Gasteiger partial charge in [0.15, 0.2) is 16.6 Å². The number of halogens is 2. The summed E-state index contributed by atoms with van der Waals surface area (Å²) in [4.78, 5) is 27.8. The third-order valence-corrected chi connectivity index (χ3v) is 6.99. The number of pyridine rings is 1. The lowest BCUT2D eigenvalue weighted by Gasteiger charge is -2.07. The molecule has 0 aliphatic heterocycles. The monoisotopic (exact) mass is 485 g/mol. The van der Waals surface area contributed by atoms with E-state index in [1.54, 1.807) is 23.9 Å². The van der Waals surface area contributed by atoms with Crippen LogP contribution in [0.4, 0.5) is 13.9 Å². The lowest BCUT2D eigenvalue weighted by Crippen LogP contribution is -2.13. The van der Waals surface area contributed by atoms with Crippen LogP contribution in [-0.2, 0) is 6.54 Å². The number of rotatable bonds is 6. The highest BCUT2D eigenvalue weighted by atomic mass is 32.1. The van der Waals surface area contributed by atoms with E-state index in [4.69, 9.17) is 4.98 Å². The van der Waals surface area contributed by atoms with Crippen LogP contribution in [0, 0.1) is 6.92 Å². The van der Waals surface area contributed by atoms with Gasteiger partial charge in [-0.25, -0.2) is 19.6 Å². The first-order valence-corrected chi connectivity index (χ1v) is 11.7. The van der Waals surface area contributed by atoms with E-state index in [0.717, 1.165) is 20.8 Å². The number of amides is 1. The maximum atomic E-state index is 13.3. The number of anilines is 1. The normalized spacial score (nSPS) is 11.5. The van der Waals surface area contributed by atoms with Crippen molar-refractivity contribution in [2.24, 2.45) is 0 Å². The van der Waals surface area contributed by atoms with Crippen molar-refractivity contribution in [1.82, 2.24) is 29.3 Å². The molecule has 0 aromatic carbocycles. The molecule has 33 heavy (non-hydrogen) atoms. The Morgan fingerprint density at radius 3 is 2.88 bits per heavy atom. The highest BCUT2D eigenvalue weighted by Crippen LogP contribution is 2.34. The minimum atomic E-state index is -2.72. The summed E-state index contributed by atoms with van der Waals surface area (Å²) < 4.78 is 29.1. The van der Waals surface area contributed by atoms with Crippen LogP contribution in [0.1, 0.15) is 29.5 Å². The van der Waals surface area contributed by atoms with Crippen molar-refractivity contribution < 1.29 is 13.6 Å². The fourth-order valence-corrected chi connectivity index (χ4v) is 5.13. The lowest BCUT2D eigenvalue weighted by molar-refractivity contribution is 0.0720. The summed E-state index contributed by atoms with van der Waals surface area (Å²) >= 11 is 2.62. The molecule has 5 aromatic heterocycles. The van der Waals surface area contributed by atoms with Gasteiger partial charge in [0, 0.05) is 18.9 Å². The van der Waals surface area contributed by atoms with Gasteiger partial charge in [-0.1, -0.05) is 17.4 Å². The molecule has 0 atom stereocenters. The predicted octanol–water partition coefficient (Wildman–Crippen LogP) is 5.46. The topological polar surface area (TPSA) is 90.5 Å². The summed E-state index contributed by atoms with van der Waals surface area (Å²) in [6, 6.07) is 5.59. The molecule has 0 fully saturated rings. The van der Waals surface area contributed by atoms with Crippen LogP contribution in [0.25, 0.3) is 32.3 Å². The van der Waals surface area contributed by atoms with Gasteiger partial charge in [0.2, 0.25) is 0 Å². The second-order valence-corrected chi connectivity index (χ2v) is 9.00. The number of nitrogens with one attached hydrogen (secondary N) is 1. The Bertz CT molecular complexity index is 1450. The molecular formula is C21H17F2N7OS2. The first-order chi connectivity index (χ1) is 16.0. The van der Waals surface area contributed by atoms with Crippen LogP contribution >= 0.6 is 22.7 Å². The molecule has 0 spiro atoms. The molecule has 0 saturated carbocycles. The molecule has 0 unspecified atom stereocenters. The Hall–Kier alpha value is -3.51. The maximum Gasteiger partial charge on any atom is 0.320 e. The smallest absolute Gasteiger partial charge is 0.298 e. The van der Waals surface area contributed by atoms with Gasteiger partial charge in [-0.3, -0.25) is 14.7 Å². The Labute approximate surface area is 194 Å². The van der Waals surface area contributed by atoms with Crippen LogP contribution in [0.5, 0.6) is 0 Å². The Morgan fingerprint density at radius 1 is 1.30 bits per heavy atom. The van der Waals surface area contributed by atoms with Gasteiger partial charge < -0.3 is 0 Å². The molecular weight excluding hydrogens is 468 g/mol. The first-order valence-electron chi connectivity index (χ1n) is 9.96. The minimum absolute atomic E-state index is 0.107. The number of nitrogens with zero attached hydrogens (tertiary/aromatic N) is 6. The molecule has 0 bridgehead atoms. The Balaban J connectivity index is 1.53. The zero-order chi connectivity index (χ0) is 23.1. The van der Waals surface area contributed by atoms with E-state index in [1.165, 1.54) is 23.7 Å². The molecule has 5 aromatic rings. The van der Waals surface area contributed by atoms with Crippen molar-refractivity contribution >= 4 is 44.7 Å². The van der Waals surface area contributed by atoms with Crippen molar-refractivity contribution in [3.8, 4) is 21.3 Å². The number of carbonyl (C=O) groups excluding carboxylic acids is 1. The van der Waals surface area contributed by atoms with E-state index in [2.05, 4.69) is 20.4 Å². The third kappa shape index (κ3) is 3.80. The van der Waals surface area contributed by atoms with Crippen molar-refractivity contribution in [2.45, 2.75) is 26.9 Å². The number of thiophene rings is 1. The number of fused-ring (bicyclic) bond motifs is 1. The van der Waals surface area contributed by atoms with Crippen LogP contribution < -0.4 is 5.32 Å². The number of thiazole rings is 1. The number of alkyl halides is 2. The summed E-state index contributed by atoms with van der Waals surface area (Å²) in [7, 11) is 0. The van der Waals surface area contributed by atoms with Gasteiger partial charge in [-0.2, -0.15) is 13.9 Å². The van der Waals surface area contributed by atoms with Gasteiger partial charge in [0.25, 0.3) is 5.91 Å². The summed E-state index contributed by atoms with van der Waals surface area (Å²) in [5.74, 6) is -0.274. The Morgan fingerprint density at radius 2 is 2.15 bits per heavy atom. The zero-order valence-electron chi connectivity index (χ0n) is 17.5. The number of carbonyl (C=O) groups is 1. The fraction of sp³-hybridized carbons (Fsp3) is 0.190. The van der Waals surface area contributed by atoms with Gasteiger partial charge in [-0.05, 0) is 31.4 Å². The molecule has 0 aliphatic carbocycles. The highest BCUT2D eigenvalue weighted by molar-refractivity contribution is 7.19. The van der Waals surface area contributed by atoms with Crippen molar-refractivity contribution in [1.29, 1.82) is 0 Å². The van der Waals surface area contributed by atoms with Crippen LogP contribution in [0.2, 0.25) is 0 Å². The molecule has 5 heterocycles. The van der Waals surface area contributed by atoms with Crippen LogP contribution in [0.3, 0.4) is 0 Å². The van der Waals surface area contributed by atoms with Gasteiger partial charge in [0.1, 0.15) is 0 Å². The summed E-state index contributed by atoms with van der Waals surface area (Å²) in [6.45, 7) is 1.53. The molecule has 168 valence electrons. The number of hydrogen-bond donors (Lipinski definition) is 1. The molecule has 12 heteroatoms. The fourth-order valence-electron chi connectivity index (χ4n) is 3.49. The molecule has 0 aliphatic rings. The molecule has 1 amide bonds. The Kier molecular flexibility index (Phi) is 5.46.